The summed E-state index contributed by atoms with van der Waals surface area (Å²) in [6.45, 7) is 23.2. The van der Waals surface area contributed by atoms with Crippen LogP contribution in [0.1, 0.15) is 132 Å². The van der Waals surface area contributed by atoms with Crippen LogP contribution >= 0.6 is 0 Å². The number of benzene rings is 1. The summed E-state index contributed by atoms with van der Waals surface area (Å²) < 4.78 is 62.2. The molecule has 19 heteroatoms. The molecule has 420 valence electrons. The number of anilines is 1. The number of nitrogen functional groups attached to an aromatic ring is 1. The van der Waals surface area contributed by atoms with Gasteiger partial charge in [0, 0.05) is 87.5 Å². The van der Waals surface area contributed by atoms with Gasteiger partial charge in [0.15, 0.2) is 12.6 Å². The number of carbonyl (C=O) groups is 2. The molecule has 0 amide bonds. The van der Waals surface area contributed by atoms with Crippen LogP contribution in [0.2, 0.25) is 0 Å². The summed E-state index contributed by atoms with van der Waals surface area (Å²) in [4.78, 5) is 39.1. The van der Waals surface area contributed by atoms with Crippen LogP contribution in [0.3, 0.4) is 0 Å². The Labute approximate surface area is 444 Å². The van der Waals surface area contributed by atoms with E-state index in [0.29, 0.717) is 43.5 Å². The average Bonchev–Trinajstić information content (AvgIpc) is 3.87. The molecule has 7 unspecified atom stereocenters. The van der Waals surface area contributed by atoms with Crippen LogP contribution in [-0.4, -0.2) is 153 Å². The minimum absolute atomic E-state index is 0.0444. The van der Waals surface area contributed by atoms with Crippen LogP contribution in [0.5, 0.6) is 0 Å². The number of Topliss-reactive ketones (excluding diaryl/α,β-unsaturated/α-hetero) is 1. The number of aliphatic hydroxyl groups excluding tert-OH is 2. The number of halogens is 1. The van der Waals surface area contributed by atoms with Crippen molar-refractivity contribution in [2.24, 2.45) is 41.4 Å². The molecule has 5 heterocycles. The number of rotatable bonds is 16. The smallest absolute Gasteiger partial charge is 0.311 e. The van der Waals surface area contributed by atoms with E-state index in [2.05, 4.69) is 27.2 Å². The fourth-order valence-corrected chi connectivity index (χ4v) is 11.8. The molecule has 2 aromatic heterocycles. The van der Waals surface area contributed by atoms with Gasteiger partial charge in [0.1, 0.15) is 36.8 Å². The van der Waals surface area contributed by atoms with Crippen molar-refractivity contribution in [3.8, 4) is 11.1 Å². The summed E-state index contributed by atoms with van der Waals surface area (Å²) in [5.74, 6) is -2.66. The third-order valence-electron chi connectivity index (χ3n) is 17.7. The second kappa shape index (κ2) is 25.6. The molecule has 0 aliphatic carbocycles. The number of nitrogens with two attached hydrogens (primary N) is 1. The van der Waals surface area contributed by atoms with Crippen LogP contribution in [0, 0.1) is 41.4 Å². The number of ether oxygens (including phenoxy) is 7. The van der Waals surface area contributed by atoms with Gasteiger partial charge in [0.05, 0.1) is 47.2 Å². The maximum Gasteiger partial charge on any atom is 0.311 e. The number of aliphatic hydroxyl groups is 2. The number of hydrogen-bond acceptors (Lipinski definition) is 17. The molecule has 18 nitrogen and oxygen atoms in total. The van der Waals surface area contributed by atoms with Gasteiger partial charge in [-0.15, -0.1) is 5.10 Å². The van der Waals surface area contributed by atoms with Crippen molar-refractivity contribution < 1.29 is 57.4 Å². The molecular formula is C56H88FN7O11. The number of hydrogen-bond donors (Lipinski definition) is 3. The predicted octanol–water partition coefficient (Wildman–Crippen LogP) is 7.36. The monoisotopic (exact) mass is 1050 g/mol. The Balaban J connectivity index is 1.25. The summed E-state index contributed by atoms with van der Waals surface area (Å²) in [5, 5.41) is 32.3. The van der Waals surface area contributed by atoms with E-state index in [4.69, 9.17) is 38.9 Å². The Kier molecular flexibility index (Phi) is 20.6. The lowest BCUT2D eigenvalue weighted by atomic mass is 9.72. The van der Waals surface area contributed by atoms with Crippen LogP contribution in [0.25, 0.3) is 11.1 Å². The van der Waals surface area contributed by atoms with E-state index in [1.807, 2.05) is 88.1 Å². The van der Waals surface area contributed by atoms with Crippen LogP contribution < -0.4 is 5.73 Å². The number of likely N-dealkylation sites (N-methyl/N-ethyl adjacent to an activating group) is 1. The van der Waals surface area contributed by atoms with Gasteiger partial charge in [-0.25, -0.2) is 19.0 Å². The number of cyclic esters (lactones) is 1. The van der Waals surface area contributed by atoms with E-state index in [9.17, 15) is 24.2 Å². The van der Waals surface area contributed by atoms with Crippen molar-refractivity contribution in [1.82, 2.24) is 29.9 Å². The molecule has 3 aliphatic rings. The van der Waals surface area contributed by atoms with E-state index in [1.165, 1.54) is 4.68 Å². The van der Waals surface area contributed by atoms with Crippen LogP contribution in [-0.2, 0) is 49.2 Å². The molecule has 4 N–H and O–H groups in total. The number of aromatic nitrogens is 5. The minimum Gasteiger partial charge on any atom is -0.462 e. The van der Waals surface area contributed by atoms with Gasteiger partial charge in [0.2, 0.25) is 5.95 Å². The second-order valence-corrected chi connectivity index (χ2v) is 22.6. The molecule has 6 rings (SSSR count). The van der Waals surface area contributed by atoms with Gasteiger partial charge in [-0.1, -0.05) is 77.9 Å². The minimum atomic E-state index is -1.22. The van der Waals surface area contributed by atoms with Gasteiger partial charge in [-0.05, 0) is 83.9 Å². The molecular weight excluding hydrogens is 966 g/mol. The Bertz CT molecular complexity index is 2300. The van der Waals surface area contributed by atoms with Crippen molar-refractivity contribution in [2.45, 2.75) is 194 Å². The Hall–Kier alpha value is -4.05. The number of nitrogens with zero attached hydrogens (tertiary/aromatic N) is 6. The van der Waals surface area contributed by atoms with Crippen molar-refractivity contribution in [1.29, 1.82) is 0 Å². The van der Waals surface area contributed by atoms with E-state index in [1.54, 1.807) is 57.1 Å². The van der Waals surface area contributed by atoms with Gasteiger partial charge in [0.25, 0.3) is 0 Å². The van der Waals surface area contributed by atoms with Crippen molar-refractivity contribution in [3.05, 3.63) is 54.1 Å². The molecule has 0 saturated carbocycles. The van der Waals surface area contributed by atoms with Crippen molar-refractivity contribution in [3.63, 3.8) is 0 Å². The maximum atomic E-state index is 14.7. The lowest BCUT2D eigenvalue weighted by Crippen LogP contribution is -2.61. The number of alkyl halides is 1. The largest absolute Gasteiger partial charge is 0.462 e. The molecule has 75 heavy (non-hydrogen) atoms. The van der Waals surface area contributed by atoms with E-state index < -0.39 is 96.8 Å². The topological polar surface area (TPSA) is 225 Å². The lowest BCUT2D eigenvalue weighted by Gasteiger charge is -2.50. The van der Waals surface area contributed by atoms with Gasteiger partial charge in [-0.2, -0.15) is 0 Å². The molecule has 20 atom stereocenters. The van der Waals surface area contributed by atoms with Gasteiger partial charge >= 0.3 is 5.97 Å². The van der Waals surface area contributed by atoms with Gasteiger partial charge < -0.3 is 54.0 Å². The molecule has 3 aromatic rings. The number of ketones is 1. The first kappa shape index (κ1) is 60.2. The normalized spacial score (nSPS) is 37.4. The zero-order valence-electron chi connectivity index (χ0n) is 47.1. The fourth-order valence-electron chi connectivity index (χ4n) is 11.8. The van der Waals surface area contributed by atoms with Crippen LogP contribution in [0.4, 0.5) is 10.3 Å². The molecule has 3 aliphatic heterocycles. The number of carbonyl (C=O) groups excluding carboxylic acids is 2. The third-order valence-corrected chi connectivity index (χ3v) is 17.7. The first-order chi connectivity index (χ1) is 35.4. The van der Waals surface area contributed by atoms with E-state index >= 15 is 0 Å². The maximum absolute atomic E-state index is 14.7. The summed E-state index contributed by atoms with van der Waals surface area (Å²) in [6.07, 6.45) is -0.240. The highest BCUT2D eigenvalue weighted by Crippen LogP contribution is 2.43. The molecule has 0 bridgehead atoms. The highest BCUT2D eigenvalue weighted by molar-refractivity contribution is 5.83. The quantitative estimate of drug-likeness (QED) is 0.119. The van der Waals surface area contributed by atoms with Gasteiger partial charge in [-0.3, -0.25) is 9.59 Å². The zero-order valence-corrected chi connectivity index (χ0v) is 47.1. The second-order valence-electron chi connectivity index (χ2n) is 22.6. The predicted molar refractivity (Wildman–Crippen MR) is 280 cm³/mol. The van der Waals surface area contributed by atoms with Crippen LogP contribution in [0.15, 0.2) is 42.9 Å². The summed E-state index contributed by atoms with van der Waals surface area (Å²) in [6, 6.07) is 5.55. The first-order valence-electron chi connectivity index (χ1n) is 27.1. The van der Waals surface area contributed by atoms with Crippen molar-refractivity contribution >= 4 is 17.7 Å². The molecule has 1 aromatic carbocycles. The summed E-state index contributed by atoms with van der Waals surface area (Å²) in [7, 11) is 5.18. The number of methoxy groups -OCH3 is 2. The average molecular weight is 1050 g/mol. The Morgan fingerprint density at radius 1 is 0.893 bits per heavy atom. The SMILES string of the molecule is CC[C@H]1OC(=O)[C@H](C)[C@@H](O[C@H]2C[C@@](C)(OC)[C@@H](C)C(C)O2)[C@H](C)[C@@H](OC2OC(C)C[C@H](N(C)CCc3cn(C(CF)C(O)c4ccc(-c5cnc(N)nc5)cc4)nn3)[C@H]2O)[C@](C)(OC)C[C@@H](C)C(=O)C(C)C(C)[C@H]1C. The first-order valence-corrected chi connectivity index (χ1v) is 27.1. The van der Waals surface area contributed by atoms with E-state index in [-0.39, 0.29) is 54.0 Å². The summed E-state index contributed by atoms with van der Waals surface area (Å²) in [5.41, 5.74) is 6.50. The summed E-state index contributed by atoms with van der Waals surface area (Å²) >= 11 is 0. The Morgan fingerprint density at radius 3 is 2.16 bits per heavy atom. The lowest BCUT2D eigenvalue weighted by molar-refractivity contribution is -0.315. The zero-order chi connectivity index (χ0) is 55.3. The van der Waals surface area contributed by atoms with Crippen molar-refractivity contribution in [2.75, 3.05) is 40.2 Å². The highest BCUT2D eigenvalue weighted by atomic mass is 19.1. The highest BCUT2D eigenvalue weighted by Gasteiger charge is 2.52. The standard InChI is InChI=1S/C56H88FN7O11/c1-16-45-33(5)32(4)34(6)47(65)30(2)24-56(12,70-15)51(35(7)50(36(8)52(68)73-45)74-46-25-55(11,69-14)37(9)38(10)72-46)75-53-49(67)43(23-31(3)71-53)63(13)22-21-42-29-64(62-61-42)44(26-57)48(66)40-19-17-39(18-20-40)41-27-59-54(58)60-28-41/h17-20,27-38,43-46,48-51,53,66-67H,16,21-26H2,1-15H3,(H2,58,59,60)/t30-,31?,32?,33-,34?,35+,36-,37+,38?,43+,44?,45-,46+,48?,49-,50+,51-,53?,55-,56-/m1/s1. The molecule has 0 spiro atoms. The number of esters is 1. The van der Waals surface area contributed by atoms with E-state index in [0.717, 1.165) is 11.1 Å². The Morgan fingerprint density at radius 2 is 1.55 bits per heavy atom. The molecule has 3 saturated heterocycles. The third kappa shape index (κ3) is 13.6. The molecule has 0 radical (unpaired) electrons. The molecule has 3 fully saturated rings. The fraction of sp³-hybridized carbons (Fsp3) is 0.750.